The molecule has 3 heterocycles. The van der Waals surface area contributed by atoms with E-state index in [-0.39, 0.29) is 0 Å². The molecule has 2 N–H and O–H groups in total. The predicted octanol–water partition coefficient (Wildman–Crippen LogP) is 6.13. The highest BCUT2D eigenvalue weighted by Crippen LogP contribution is 2.43. The van der Waals surface area contributed by atoms with Crippen molar-refractivity contribution in [2.45, 2.75) is 17.5 Å². The maximum atomic E-state index is 13.5. The minimum absolute atomic E-state index is 0.440. The van der Waals surface area contributed by atoms with Gasteiger partial charge in [-0.1, -0.05) is 12.1 Å². The van der Waals surface area contributed by atoms with E-state index in [1.165, 1.54) is 18.0 Å². The van der Waals surface area contributed by atoms with Crippen LogP contribution in [0.25, 0.3) is 5.57 Å². The largest absolute Gasteiger partial charge is 0.489 e. The second kappa shape index (κ2) is 9.60. The third-order valence-corrected chi connectivity index (χ3v) is 6.56. The van der Waals surface area contributed by atoms with Gasteiger partial charge in [-0.25, -0.2) is 4.98 Å². The number of alkyl halides is 3. The van der Waals surface area contributed by atoms with Crippen molar-refractivity contribution >= 4 is 34.7 Å². The highest BCUT2D eigenvalue weighted by atomic mass is 32.2. The van der Waals surface area contributed by atoms with E-state index in [0.717, 1.165) is 40.3 Å². The standard InChI is InChI=1S/C25H23F3N4OS/c26-25(27,28)18-4-6-21(20(15-18)17-8-11-29-12-9-17)32-13-14-33-23-16-19(5-7-22(23)32)34-31-24-3-1-2-10-30-24/h1-8,10,15-16,29H,9,11-14H2,(H,30,31). The Morgan fingerprint density at radius 1 is 1.06 bits per heavy atom. The summed E-state index contributed by atoms with van der Waals surface area (Å²) in [5, 5.41) is 3.23. The molecule has 2 aromatic carbocycles. The van der Waals surface area contributed by atoms with Gasteiger partial charge in [-0.15, -0.1) is 0 Å². The van der Waals surface area contributed by atoms with E-state index in [2.05, 4.69) is 19.9 Å². The van der Waals surface area contributed by atoms with E-state index in [1.807, 2.05) is 42.5 Å². The molecule has 0 bridgehead atoms. The summed E-state index contributed by atoms with van der Waals surface area (Å²) >= 11 is 1.42. The van der Waals surface area contributed by atoms with Crippen LogP contribution in [0.4, 0.5) is 30.4 Å². The number of hydrogen-bond acceptors (Lipinski definition) is 6. The molecule has 0 spiro atoms. The maximum absolute atomic E-state index is 13.5. The summed E-state index contributed by atoms with van der Waals surface area (Å²) in [5.74, 6) is 1.45. The molecule has 0 radical (unpaired) electrons. The Labute approximate surface area is 200 Å². The van der Waals surface area contributed by atoms with Crippen molar-refractivity contribution in [3.63, 3.8) is 0 Å². The zero-order chi connectivity index (χ0) is 23.5. The Kier molecular flexibility index (Phi) is 6.38. The summed E-state index contributed by atoms with van der Waals surface area (Å²) in [5.41, 5.74) is 2.52. The molecule has 0 aliphatic carbocycles. The number of aromatic nitrogens is 1. The van der Waals surface area contributed by atoms with Crippen LogP contribution in [0, 0.1) is 0 Å². The van der Waals surface area contributed by atoms with Crippen LogP contribution < -0.4 is 19.7 Å². The van der Waals surface area contributed by atoms with Crippen molar-refractivity contribution in [3.05, 3.63) is 78.0 Å². The zero-order valence-electron chi connectivity index (χ0n) is 18.2. The molecular formula is C25H23F3N4OS. The second-order valence-corrected chi connectivity index (χ2v) is 8.84. The molecule has 2 aliphatic rings. The lowest BCUT2D eigenvalue weighted by Gasteiger charge is -2.34. The second-order valence-electron chi connectivity index (χ2n) is 7.96. The molecule has 0 atom stereocenters. The molecule has 1 aromatic heterocycles. The number of anilines is 3. The highest BCUT2D eigenvalue weighted by molar-refractivity contribution is 8.00. The number of nitrogens with zero attached hydrogens (tertiary/aromatic N) is 2. The molecule has 5 nitrogen and oxygen atoms in total. The molecule has 0 saturated heterocycles. The first-order chi connectivity index (χ1) is 16.5. The number of hydrogen-bond donors (Lipinski definition) is 2. The average Bonchev–Trinajstić information content (AvgIpc) is 2.87. The first-order valence-electron chi connectivity index (χ1n) is 11.0. The molecular weight excluding hydrogens is 461 g/mol. The van der Waals surface area contributed by atoms with E-state index in [4.69, 9.17) is 4.74 Å². The Morgan fingerprint density at radius 3 is 2.71 bits per heavy atom. The fourth-order valence-electron chi connectivity index (χ4n) is 4.12. The summed E-state index contributed by atoms with van der Waals surface area (Å²) in [6.07, 6.45) is -0.0141. The van der Waals surface area contributed by atoms with E-state index in [0.29, 0.717) is 37.4 Å². The van der Waals surface area contributed by atoms with E-state index < -0.39 is 11.7 Å². The van der Waals surface area contributed by atoms with E-state index in [9.17, 15) is 13.2 Å². The SMILES string of the molecule is FC(F)(F)c1ccc(N2CCOc3cc(SNc4ccccn4)ccc32)c(C2=CCNCC2)c1. The summed E-state index contributed by atoms with van der Waals surface area (Å²) in [6.45, 7) is 2.38. The van der Waals surface area contributed by atoms with Gasteiger partial charge < -0.3 is 19.7 Å². The van der Waals surface area contributed by atoms with Crippen LogP contribution >= 0.6 is 11.9 Å². The summed E-state index contributed by atoms with van der Waals surface area (Å²) in [6, 6.07) is 15.5. The Hall–Kier alpha value is -3.17. The Morgan fingerprint density at radius 2 is 1.94 bits per heavy atom. The molecule has 2 aliphatic heterocycles. The smallest absolute Gasteiger partial charge is 0.416 e. The molecule has 0 fully saturated rings. The van der Waals surface area contributed by atoms with Crippen LogP contribution in [0.3, 0.4) is 0 Å². The fourth-order valence-corrected chi connectivity index (χ4v) is 4.77. The number of nitrogens with one attached hydrogen (secondary N) is 2. The van der Waals surface area contributed by atoms with Crippen LogP contribution in [0.15, 0.2) is 71.8 Å². The summed E-state index contributed by atoms with van der Waals surface area (Å²) in [4.78, 5) is 7.25. The normalized spacial score (nSPS) is 15.9. The number of fused-ring (bicyclic) bond motifs is 1. The summed E-state index contributed by atoms with van der Waals surface area (Å²) < 4.78 is 49.7. The van der Waals surface area contributed by atoms with Gasteiger partial charge in [-0.05, 0) is 79.0 Å². The Balaban J connectivity index is 1.47. The molecule has 3 aromatic rings. The van der Waals surface area contributed by atoms with Crippen molar-refractivity contribution in [3.8, 4) is 5.75 Å². The van der Waals surface area contributed by atoms with Gasteiger partial charge in [0.2, 0.25) is 0 Å². The predicted molar refractivity (Wildman–Crippen MR) is 130 cm³/mol. The molecule has 9 heteroatoms. The average molecular weight is 485 g/mol. The van der Waals surface area contributed by atoms with Gasteiger partial charge in [-0.3, -0.25) is 0 Å². The van der Waals surface area contributed by atoms with Crippen LogP contribution in [-0.4, -0.2) is 31.2 Å². The van der Waals surface area contributed by atoms with Gasteiger partial charge in [0.15, 0.2) is 0 Å². The van der Waals surface area contributed by atoms with Gasteiger partial charge in [0.25, 0.3) is 0 Å². The van der Waals surface area contributed by atoms with Gasteiger partial charge >= 0.3 is 6.18 Å². The quantitative estimate of drug-likeness (QED) is 0.425. The Bertz CT molecular complexity index is 1200. The minimum atomic E-state index is -4.39. The minimum Gasteiger partial charge on any atom is -0.489 e. The number of halogens is 3. The van der Waals surface area contributed by atoms with Crippen LogP contribution in [0.2, 0.25) is 0 Å². The lowest BCUT2D eigenvalue weighted by Crippen LogP contribution is -2.30. The first kappa shape index (κ1) is 22.6. The molecule has 0 amide bonds. The van der Waals surface area contributed by atoms with Crippen molar-refractivity contribution < 1.29 is 17.9 Å². The first-order valence-corrected chi connectivity index (χ1v) is 11.8. The van der Waals surface area contributed by atoms with Crippen molar-refractivity contribution in [2.75, 3.05) is 35.9 Å². The monoisotopic (exact) mass is 484 g/mol. The molecule has 176 valence electrons. The number of pyridine rings is 1. The third-order valence-electron chi connectivity index (χ3n) is 5.76. The van der Waals surface area contributed by atoms with Crippen LogP contribution in [0.1, 0.15) is 17.5 Å². The van der Waals surface area contributed by atoms with Gasteiger partial charge in [-0.2, -0.15) is 13.2 Å². The van der Waals surface area contributed by atoms with Crippen molar-refractivity contribution in [1.29, 1.82) is 0 Å². The number of rotatable bonds is 5. The van der Waals surface area contributed by atoms with Crippen molar-refractivity contribution in [1.82, 2.24) is 10.3 Å². The zero-order valence-corrected chi connectivity index (χ0v) is 19.0. The molecule has 5 rings (SSSR count). The number of benzene rings is 2. The third kappa shape index (κ3) is 4.85. The van der Waals surface area contributed by atoms with Gasteiger partial charge in [0.1, 0.15) is 18.2 Å². The van der Waals surface area contributed by atoms with E-state index in [1.54, 1.807) is 12.3 Å². The topological polar surface area (TPSA) is 49.4 Å². The summed E-state index contributed by atoms with van der Waals surface area (Å²) in [7, 11) is 0. The lowest BCUT2D eigenvalue weighted by atomic mass is 9.95. The molecule has 0 unspecified atom stereocenters. The van der Waals surface area contributed by atoms with E-state index >= 15 is 0 Å². The van der Waals surface area contributed by atoms with Crippen LogP contribution in [0.5, 0.6) is 5.75 Å². The molecule has 0 saturated carbocycles. The number of ether oxygens (including phenoxy) is 1. The van der Waals surface area contributed by atoms with Gasteiger partial charge in [0.05, 0.1) is 17.8 Å². The van der Waals surface area contributed by atoms with Crippen LogP contribution in [-0.2, 0) is 6.18 Å². The molecule has 34 heavy (non-hydrogen) atoms. The fraction of sp³-hybridized carbons (Fsp3) is 0.240. The highest BCUT2D eigenvalue weighted by Gasteiger charge is 2.32. The van der Waals surface area contributed by atoms with Gasteiger partial charge in [0, 0.05) is 28.9 Å². The lowest BCUT2D eigenvalue weighted by molar-refractivity contribution is -0.137. The maximum Gasteiger partial charge on any atom is 0.416 e. The van der Waals surface area contributed by atoms with Crippen molar-refractivity contribution in [2.24, 2.45) is 0 Å².